The molecule has 0 saturated carbocycles. The van der Waals surface area contributed by atoms with E-state index < -0.39 is 24.5 Å². The summed E-state index contributed by atoms with van der Waals surface area (Å²) in [6, 6.07) is 3.80. The summed E-state index contributed by atoms with van der Waals surface area (Å²) in [5.74, 6) is -0.649. The maximum atomic E-state index is 11.8. The summed E-state index contributed by atoms with van der Waals surface area (Å²) >= 11 is 0. The maximum absolute atomic E-state index is 11.8. The van der Waals surface area contributed by atoms with E-state index in [4.69, 9.17) is 14.2 Å². The maximum Gasteiger partial charge on any atom is 0.338 e. The van der Waals surface area contributed by atoms with Crippen molar-refractivity contribution < 1.29 is 28.6 Å². The molecule has 0 aliphatic heterocycles. The average molecular weight is 296 g/mol. The number of urea groups is 1. The number of rotatable bonds is 5. The van der Waals surface area contributed by atoms with Crippen LogP contribution < -0.4 is 20.1 Å². The van der Waals surface area contributed by atoms with Crippen molar-refractivity contribution in [3.8, 4) is 11.5 Å². The molecule has 0 fully saturated rings. The minimum absolute atomic E-state index is 0.166. The van der Waals surface area contributed by atoms with Gasteiger partial charge in [-0.05, 0) is 12.1 Å². The van der Waals surface area contributed by atoms with Crippen LogP contribution in [-0.2, 0) is 9.53 Å². The van der Waals surface area contributed by atoms with Gasteiger partial charge in [-0.25, -0.2) is 9.59 Å². The normalized spacial score (nSPS) is 9.48. The summed E-state index contributed by atoms with van der Waals surface area (Å²) < 4.78 is 14.8. The van der Waals surface area contributed by atoms with Crippen LogP contribution in [0.15, 0.2) is 18.2 Å². The highest BCUT2D eigenvalue weighted by molar-refractivity contribution is 5.97. The molecule has 8 nitrogen and oxygen atoms in total. The van der Waals surface area contributed by atoms with Gasteiger partial charge in [0, 0.05) is 13.1 Å². The molecular formula is C13H16N2O6. The predicted octanol–water partition coefficient (Wildman–Crippen LogP) is 0.316. The van der Waals surface area contributed by atoms with E-state index in [9.17, 15) is 14.4 Å². The molecular weight excluding hydrogens is 280 g/mol. The predicted molar refractivity (Wildman–Crippen MR) is 72.4 cm³/mol. The van der Waals surface area contributed by atoms with Gasteiger partial charge in [-0.2, -0.15) is 0 Å². The molecule has 0 aliphatic rings. The number of hydrogen-bond donors (Lipinski definition) is 2. The Balaban J connectivity index is 2.67. The first-order valence-electron chi connectivity index (χ1n) is 5.92. The van der Waals surface area contributed by atoms with Crippen molar-refractivity contribution in [3.05, 3.63) is 23.8 Å². The standard InChI is InChI=1S/C13H16N2O6/c1-14-13(18)15-11(16)7-21-12(17)8-4-9(19-2)6-10(5-8)20-3/h4-6H,7H2,1-3H3,(H2,14,15,16,18). The lowest BCUT2D eigenvalue weighted by Crippen LogP contribution is -2.39. The van der Waals surface area contributed by atoms with Gasteiger partial charge in [0.1, 0.15) is 11.5 Å². The highest BCUT2D eigenvalue weighted by Crippen LogP contribution is 2.22. The number of benzene rings is 1. The van der Waals surface area contributed by atoms with Gasteiger partial charge in [-0.1, -0.05) is 0 Å². The summed E-state index contributed by atoms with van der Waals surface area (Å²) in [6.07, 6.45) is 0. The lowest BCUT2D eigenvalue weighted by atomic mass is 10.2. The van der Waals surface area contributed by atoms with E-state index in [2.05, 4.69) is 5.32 Å². The van der Waals surface area contributed by atoms with Crippen LogP contribution >= 0.6 is 0 Å². The number of ether oxygens (including phenoxy) is 3. The molecule has 0 aromatic heterocycles. The SMILES string of the molecule is CNC(=O)NC(=O)COC(=O)c1cc(OC)cc(OC)c1. The van der Waals surface area contributed by atoms with Gasteiger partial charge < -0.3 is 19.5 Å². The summed E-state index contributed by atoms with van der Waals surface area (Å²) in [4.78, 5) is 34.0. The largest absolute Gasteiger partial charge is 0.497 e. The Bertz CT molecular complexity index is 521. The van der Waals surface area contributed by atoms with Crippen LogP contribution in [0.3, 0.4) is 0 Å². The van der Waals surface area contributed by atoms with Crippen molar-refractivity contribution >= 4 is 17.9 Å². The Morgan fingerprint density at radius 3 is 2.10 bits per heavy atom. The highest BCUT2D eigenvalue weighted by atomic mass is 16.5. The number of nitrogens with one attached hydrogen (secondary N) is 2. The third kappa shape index (κ3) is 5.01. The van der Waals surface area contributed by atoms with Crippen LogP contribution in [0, 0.1) is 0 Å². The quantitative estimate of drug-likeness (QED) is 0.758. The highest BCUT2D eigenvalue weighted by Gasteiger charge is 2.14. The number of carbonyl (C=O) groups excluding carboxylic acids is 3. The molecule has 0 spiro atoms. The molecule has 0 bridgehead atoms. The van der Waals surface area contributed by atoms with Gasteiger partial charge in [0.2, 0.25) is 0 Å². The molecule has 1 aromatic carbocycles. The number of amides is 3. The van der Waals surface area contributed by atoms with Crippen molar-refractivity contribution in [3.63, 3.8) is 0 Å². The molecule has 114 valence electrons. The van der Waals surface area contributed by atoms with E-state index >= 15 is 0 Å². The Labute approximate surface area is 121 Å². The fourth-order valence-corrected chi connectivity index (χ4v) is 1.36. The van der Waals surface area contributed by atoms with E-state index in [1.54, 1.807) is 6.07 Å². The molecule has 3 amide bonds. The van der Waals surface area contributed by atoms with Gasteiger partial charge in [-0.15, -0.1) is 0 Å². The van der Waals surface area contributed by atoms with Crippen LogP contribution in [-0.4, -0.2) is 45.8 Å². The third-order valence-corrected chi connectivity index (χ3v) is 2.40. The van der Waals surface area contributed by atoms with Crippen molar-refractivity contribution in [1.82, 2.24) is 10.6 Å². The van der Waals surface area contributed by atoms with Crippen LogP contribution in [0.1, 0.15) is 10.4 Å². The average Bonchev–Trinajstić information content (AvgIpc) is 2.51. The number of esters is 1. The second kappa shape index (κ2) is 7.73. The van der Waals surface area contributed by atoms with Crippen LogP contribution in [0.2, 0.25) is 0 Å². The lowest BCUT2D eigenvalue weighted by molar-refractivity contribution is -0.123. The summed E-state index contributed by atoms with van der Waals surface area (Å²) in [5.41, 5.74) is 0.166. The number of hydrogen-bond acceptors (Lipinski definition) is 6. The Hall–Kier alpha value is -2.77. The zero-order chi connectivity index (χ0) is 15.8. The van der Waals surface area contributed by atoms with Crippen LogP contribution in [0.25, 0.3) is 0 Å². The summed E-state index contributed by atoms with van der Waals surface area (Å²) in [6.45, 7) is -0.578. The molecule has 0 aliphatic carbocycles. The fraction of sp³-hybridized carbons (Fsp3) is 0.308. The van der Waals surface area contributed by atoms with E-state index in [-0.39, 0.29) is 5.56 Å². The van der Waals surface area contributed by atoms with E-state index in [1.165, 1.54) is 33.4 Å². The monoisotopic (exact) mass is 296 g/mol. The summed E-state index contributed by atoms with van der Waals surface area (Å²) in [7, 11) is 4.25. The number of imide groups is 1. The third-order valence-electron chi connectivity index (χ3n) is 2.40. The second-order valence-electron chi connectivity index (χ2n) is 3.80. The van der Waals surface area contributed by atoms with Gasteiger partial charge in [0.15, 0.2) is 6.61 Å². The molecule has 0 radical (unpaired) electrons. The summed E-state index contributed by atoms with van der Waals surface area (Å²) in [5, 5.41) is 4.17. The first-order chi connectivity index (χ1) is 9.99. The number of methoxy groups -OCH3 is 2. The van der Waals surface area contributed by atoms with E-state index in [0.29, 0.717) is 11.5 Å². The van der Waals surface area contributed by atoms with Crippen molar-refractivity contribution in [2.45, 2.75) is 0 Å². The molecule has 0 unspecified atom stereocenters. The molecule has 8 heteroatoms. The van der Waals surface area contributed by atoms with Gasteiger partial charge in [-0.3, -0.25) is 10.1 Å². The van der Waals surface area contributed by atoms with Crippen molar-refractivity contribution in [1.29, 1.82) is 0 Å². The first-order valence-corrected chi connectivity index (χ1v) is 5.92. The molecule has 0 saturated heterocycles. The Morgan fingerprint density at radius 2 is 1.62 bits per heavy atom. The van der Waals surface area contributed by atoms with E-state index in [1.807, 2.05) is 5.32 Å². The van der Waals surface area contributed by atoms with Gasteiger partial charge in [0.25, 0.3) is 5.91 Å². The number of carbonyl (C=O) groups is 3. The van der Waals surface area contributed by atoms with Crippen molar-refractivity contribution in [2.75, 3.05) is 27.9 Å². The van der Waals surface area contributed by atoms with Crippen molar-refractivity contribution in [2.24, 2.45) is 0 Å². The molecule has 1 rings (SSSR count). The smallest absolute Gasteiger partial charge is 0.338 e. The molecule has 0 heterocycles. The van der Waals surface area contributed by atoms with Gasteiger partial charge in [0.05, 0.1) is 19.8 Å². The fourth-order valence-electron chi connectivity index (χ4n) is 1.36. The Morgan fingerprint density at radius 1 is 1.05 bits per heavy atom. The molecule has 0 atom stereocenters. The molecule has 2 N–H and O–H groups in total. The lowest BCUT2D eigenvalue weighted by Gasteiger charge is -2.08. The molecule has 21 heavy (non-hydrogen) atoms. The minimum atomic E-state index is -0.738. The molecule has 1 aromatic rings. The van der Waals surface area contributed by atoms with Gasteiger partial charge >= 0.3 is 12.0 Å². The second-order valence-corrected chi connectivity index (χ2v) is 3.80. The Kier molecular flexibility index (Phi) is 5.99. The zero-order valence-corrected chi connectivity index (χ0v) is 11.9. The minimum Gasteiger partial charge on any atom is -0.497 e. The first kappa shape index (κ1) is 16.3. The van der Waals surface area contributed by atoms with Crippen LogP contribution in [0.4, 0.5) is 4.79 Å². The topological polar surface area (TPSA) is 103 Å². The van der Waals surface area contributed by atoms with Crippen LogP contribution in [0.5, 0.6) is 11.5 Å². The zero-order valence-electron chi connectivity index (χ0n) is 11.9. The van der Waals surface area contributed by atoms with E-state index in [0.717, 1.165) is 0 Å².